The Morgan fingerprint density at radius 2 is 2.00 bits per heavy atom. The van der Waals surface area contributed by atoms with Crippen molar-refractivity contribution in [2.75, 3.05) is 0 Å². The van der Waals surface area contributed by atoms with Gasteiger partial charge in [-0.2, -0.15) is 5.10 Å². The van der Waals surface area contributed by atoms with Crippen LogP contribution in [0.15, 0.2) is 41.2 Å². The van der Waals surface area contributed by atoms with Gasteiger partial charge in [-0.25, -0.2) is 4.68 Å². The highest BCUT2D eigenvalue weighted by molar-refractivity contribution is 5.48. The fourth-order valence-electron chi connectivity index (χ4n) is 3.09. The lowest BCUT2D eigenvalue weighted by Crippen LogP contribution is -2.16. The highest BCUT2D eigenvalue weighted by atomic mass is 16.5. The number of hydrogen-bond donors (Lipinski definition) is 1. The quantitative estimate of drug-likeness (QED) is 0.708. The number of rotatable bonds is 7. The molecule has 132 valence electrons. The van der Waals surface area contributed by atoms with Gasteiger partial charge in [-0.15, -0.1) is 0 Å². The monoisotopic (exact) mass is 338 g/mol. The van der Waals surface area contributed by atoms with Crippen LogP contribution in [0.1, 0.15) is 42.0 Å². The Morgan fingerprint density at radius 3 is 2.72 bits per heavy atom. The van der Waals surface area contributed by atoms with Crippen molar-refractivity contribution in [1.82, 2.24) is 20.3 Å². The van der Waals surface area contributed by atoms with Gasteiger partial charge in [0.25, 0.3) is 0 Å². The van der Waals surface area contributed by atoms with Crippen molar-refractivity contribution in [2.45, 2.75) is 47.2 Å². The zero-order valence-corrected chi connectivity index (χ0v) is 15.4. The van der Waals surface area contributed by atoms with Crippen LogP contribution in [0.4, 0.5) is 0 Å². The minimum atomic E-state index is 0.581. The Hall–Kier alpha value is -2.40. The molecule has 0 amide bonds. The van der Waals surface area contributed by atoms with E-state index < -0.39 is 0 Å². The molecule has 3 aromatic rings. The molecule has 3 rings (SSSR count). The maximum atomic E-state index is 5.43. The van der Waals surface area contributed by atoms with Crippen LogP contribution < -0.4 is 5.32 Å². The van der Waals surface area contributed by atoms with Gasteiger partial charge in [0, 0.05) is 25.0 Å². The minimum absolute atomic E-state index is 0.581. The number of nitrogens with one attached hydrogen (secondary N) is 1. The first-order valence-electron chi connectivity index (χ1n) is 8.78. The van der Waals surface area contributed by atoms with Crippen molar-refractivity contribution in [3.8, 4) is 5.69 Å². The van der Waals surface area contributed by atoms with Crippen LogP contribution in [-0.4, -0.2) is 14.9 Å². The molecule has 0 aliphatic rings. The molecule has 0 unspecified atom stereocenters. The minimum Gasteiger partial charge on any atom is -0.360 e. The zero-order valence-electron chi connectivity index (χ0n) is 15.4. The maximum absolute atomic E-state index is 5.43. The molecule has 0 atom stereocenters. The molecular formula is C20H26N4O. The summed E-state index contributed by atoms with van der Waals surface area (Å²) in [5, 5.41) is 12.0. The van der Waals surface area contributed by atoms with Gasteiger partial charge in [-0.3, -0.25) is 0 Å². The third-order valence-corrected chi connectivity index (χ3v) is 4.17. The van der Waals surface area contributed by atoms with Crippen molar-refractivity contribution in [2.24, 2.45) is 5.92 Å². The Balaban J connectivity index is 1.70. The standard InChI is InChI=1S/C20H26N4O/c1-14(2)8-17-11-18(25-23-17)12-21-13-19-16(4)9-15(3)10-20(19)24-7-5-6-22-24/h5-7,9-11,14,21H,8,12-13H2,1-4H3. The molecule has 0 saturated carbocycles. The summed E-state index contributed by atoms with van der Waals surface area (Å²) in [6.07, 6.45) is 4.73. The first-order valence-corrected chi connectivity index (χ1v) is 8.78. The van der Waals surface area contributed by atoms with E-state index in [1.165, 1.54) is 16.7 Å². The first kappa shape index (κ1) is 17.4. The van der Waals surface area contributed by atoms with Crippen LogP contribution in [0.2, 0.25) is 0 Å². The van der Waals surface area contributed by atoms with Crippen molar-refractivity contribution < 1.29 is 4.52 Å². The molecule has 0 aliphatic carbocycles. The molecule has 0 spiro atoms. The van der Waals surface area contributed by atoms with Crippen molar-refractivity contribution in [3.63, 3.8) is 0 Å². The molecule has 2 aromatic heterocycles. The predicted molar refractivity (Wildman–Crippen MR) is 98.6 cm³/mol. The van der Waals surface area contributed by atoms with Crippen molar-refractivity contribution in [1.29, 1.82) is 0 Å². The van der Waals surface area contributed by atoms with Crippen LogP contribution in [0.25, 0.3) is 5.69 Å². The molecule has 0 bridgehead atoms. The summed E-state index contributed by atoms with van der Waals surface area (Å²) in [5.74, 6) is 1.46. The first-order chi connectivity index (χ1) is 12.0. The summed E-state index contributed by atoms with van der Waals surface area (Å²) in [6.45, 7) is 10.0. The summed E-state index contributed by atoms with van der Waals surface area (Å²) in [5.41, 5.74) is 5.89. The molecule has 25 heavy (non-hydrogen) atoms. The van der Waals surface area contributed by atoms with E-state index in [0.29, 0.717) is 12.5 Å². The number of aryl methyl sites for hydroxylation is 2. The Kier molecular flexibility index (Phi) is 5.34. The van der Waals surface area contributed by atoms with Gasteiger partial charge in [0.15, 0.2) is 5.76 Å². The van der Waals surface area contributed by atoms with Gasteiger partial charge in [0.05, 0.1) is 17.9 Å². The van der Waals surface area contributed by atoms with Gasteiger partial charge >= 0.3 is 0 Å². The number of nitrogens with zero attached hydrogens (tertiary/aromatic N) is 3. The fourth-order valence-corrected chi connectivity index (χ4v) is 3.09. The third-order valence-electron chi connectivity index (χ3n) is 4.17. The van der Waals surface area contributed by atoms with Crippen LogP contribution in [0.5, 0.6) is 0 Å². The Bertz CT molecular complexity index is 818. The zero-order chi connectivity index (χ0) is 17.8. The molecule has 0 aliphatic heterocycles. The summed E-state index contributed by atoms with van der Waals surface area (Å²) in [6, 6.07) is 8.37. The predicted octanol–water partition coefficient (Wildman–Crippen LogP) is 3.97. The van der Waals surface area contributed by atoms with E-state index in [4.69, 9.17) is 4.52 Å². The Morgan fingerprint density at radius 1 is 1.16 bits per heavy atom. The maximum Gasteiger partial charge on any atom is 0.150 e. The normalized spacial score (nSPS) is 11.4. The second-order valence-corrected chi connectivity index (χ2v) is 7.02. The van der Waals surface area contributed by atoms with E-state index >= 15 is 0 Å². The summed E-state index contributed by atoms with van der Waals surface area (Å²) in [7, 11) is 0. The highest BCUT2D eigenvalue weighted by Crippen LogP contribution is 2.21. The number of hydrogen-bond acceptors (Lipinski definition) is 4. The largest absolute Gasteiger partial charge is 0.360 e. The summed E-state index contributed by atoms with van der Waals surface area (Å²) in [4.78, 5) is 0. The summed E-state index contributed by atoms with van der Waals surface area (Å²) >= 11 is 0. The fraction of sp³-hybridized carbons (Fsp3) is 0.400. The van der Waals surface area contributed by atoms with Crippen LogP contribution >= 0.6 is 0 Å². The molecular weight excluding hydrogens is 312 g/mol. The molecule has 1 N–H and O–H groups in total. The van der Waals surface area contributed by atoms with Gasteiger partial charge in [0.2, 0.25) is 0 Å². The SMILES string of the molecule is Cc1cc(C)c(CNCc2cc(CC(C)C)no2)c(-n2cccn2)c1. The number of benzene rings is 1. The lowest BCUT2D eigenvalue weighted by molar-refractivity contribution is 0.365. The molecule has 0 saturated heterocycles. The highest BCUT2D eigenvalue weighted by Gasteiger charge is 2.11. The smallest absolute Gasteiger partial charge is 0.150 e. The average Bonchev–Trinajstić information content (AvgIpc) is 3.20. The molecule has 5 heteroatoms. The molecule has 0 radical (unpaired) electrons. The molecule has 0 fully saturated rings. The topological polar surface area (TPSA) is 55.9 Å². The average molecular weight is 338 g/mol. The van der Waals surface area contributed by atoms with Crippen LogP contribution in [0, 0.1) is 19.8 Å². The second kappa shape index (κ2) is 7.66. The summed E-state index contributed by atoms with van der Waals surface area (Å²) < 4.78 is 7.35. The molecule has 5 nitrogen and oxygen atoms in total. The van der Waals surface area contributed by atoms with E-state index in [2.05, 4.69) is 55.4 Å². The van der Waals surface area contributed by atoms with Crippen LogP contribution in [0.3, 0.4) is 0 Å². The lowest BCUT2D eigenvalue weighted by atomic mass is 10.0. The van der Waals surface area contributed by atoms with Gasteiger partial charge in [0.1, 0.15) is 0 Å². The number of aromatic nitrogens is 3. The van der Waals surface area contributed by atoms with E-state index in [9.17, 15) is 0 Å². The van der Waals surface area contributed by atoms with Crippen molar-refractivity contribution >= 4 is 0 Å². The van der Waals surface area contributed by atoms with Gasteiger partial charge < -0.3 is 9.84 Å². The van der Waals surface area contributed by atoms with Gasteiger partial charge in [-0.1, -0.05) is 25.1 Å². The molecule has 1 aromatic carbocycles. The third kappa shape index (κ3) is 4.37. The van der Waals surface area contributed by atoms with E-state index in [0.717, 1.165) is 30.1 Å². The second-order valence-electron chi connectivity index (χ2n) is 7.02. The molecule has 2 heterocycles. The van der Waals surface area contributed by atoms with Crippen molar-refractivity contribution in [3.05, 3.63) is 64.8 Å². The van der Waals surface area contributed by atoms with Gasteiger partial charge in [-0.05, 0) is 55.0 Å². The Labute approximate surface area is 149 Å². The van der Waals surface area contributed by atoms with E-state index in [1.54, 1.807) is 6.20 Å². The van der Waals surface area contributed by atoms with E-state index in [1.807, 2.05) is 23.0 Å². The van der Waals surface area contributed by atoms with Crippen LogP contribution in [-0.2, 0) is 19.5 Å². The lowest BCUT2D eigenvalue weighted by Gasteiger charge is -2.14. The van der Waals surface area contributed by atoms with E-state index in [-0.39, 0.29) is 0 Å².